The van der Waals surface area contributed by atoms with Crippen molar-refractivity contribution in [2.24, 2.45) is 5.73 Å². The van der Waals surface area contributed by atoms with Crippen LogP contribution in [0.25, 0.3) is 0 Å². The first-order valence-electron chi connectivity index (χ1n) is 16.7. The number of carbonyl (C=O) groups is 1. The molecule has 0 saturated heterocycles. The molecule has 4 unspecified atom stereocenters. The molecule has 4 atom stereocenters. The first-order valence-corrected chi connectivity index (χ1v) is 18.2. The lowest BCUT2D eigenvalue weighted by molar-refractivity contribution is -0.125. The summed E-state index contributed by atoms with van der Waals surface area (Å²) < 4.78 is 21.9. The number of nitrogens with two attached hydrogens (primary N) is 1. The lowest BCUT2D eigenvalue weighted by Gasteiger charge is -2.25. The second-order valence-electron chi connectivity index (χ2n) is 11.6. The van der Waals surface area contributed by atoms with Gasteiger partial charge in [-0.2, -0.15) is 0 Å². The van der Waals surface area contributed by atoms with Gasteiger partial charge in [0, 0.05) is 6.54 Å². The van der Waals surface area contributed by atoms with E-state index >= 15 is 0 Å². The summed E-state index contributed by atoms with van der Waals surface area (Å²) in [6.45, 7) is 3.97. The normalized spacial score (nSPS) is 15.4. The standard InChI is InChI=1S/C31H65N2O7P/c1-3-5-7-9-11-12-13-14-15-17-19-21-23-30(35)29(27-40-41(37,38)39-25-24-32)33-31(36)26-28(34)22-20-18-16-10-8-6-4-2/h28-30,34-35H,3-27,32H2,1-2H3,(H,33,36)(H,37,38). The first-order chi connectivity index (χ1) is 19.8. The van der Waals surface area contributed by atoms with E-state index in [1.165, 1.54) is 83.5 Å². The smallest absolute Gasteiger partial charge is 0.393 e. The highest BCUT2D eigenvalue weighted by Crippen LogP contribution is 2.43. The average molecular weight is 609 g/mol. The molecule has 0 aliphatic carbocycles. The molecule has 0 aromatic carbocycles. The molecule has 0 rings (SSSR count). The van der Waals surface area contributed by atoms with E-state index in [2.05, 4.69) is 19.2 Å². The van der Waals surface area contributed by atoms with Gasteiger partial charge in [0.15, 0.2) is 0 Å². The van der Waals surface area contributed by atoms with Crippen molar-refractivity contribution in [2.45, 2.75) is 173 Å². The van der Waals surface area contributed by atoms with Crippen LogP contribution in [0.5, 0.6) is 0 Å². The zero-order valence-electron chi connectivity index (χ0n) is 26.4. The van der Waals surface area contributed by atoms with E-state index in [1.54, 1.807) is 0 Å². The number of hydrogen-bond acceptors (Lipinski definition) is 7. The van der Waals surface area contributed by atoms with Crippen LogP contribution in [-0.4, -0.2) is 59.0 Å². The summed E-state index contributed by atoms with van der Waals surface area (Å²) in [5.74, 6) is -0.418. The third-order valence-corrected chi connectivity index (χ3v) is 8.50. The Balaban J connectivity index is 4.45. The van der Waals surface area contributed by atoms with Crippen molar-refractivity contribution in [2.75, 3.05) is 19.8 Å². The molecule has 0 radical (unpaired) electrons. The van der Waals surface area contributed by atoms with Gasteiger partial charge in [-0.3, -0.25) is 13.8 Å². The van der Waals surface area contributed by atoms with Crippen molar-refractivity contribution in [3.8, 4) is 0 Å². The first kappa shape index (κ1) is 40.5. The predicted octanol–water partition coefficient (Wildman–Crippen LogP) is 6.91. The average Bonchev–Trinajstić information content (AvgIpc) is 2.94. The molecule has 0 aliphatic heterocycles. The molecule has 9 nitrogen and oxygen atoms in total. The predicted molar refractivity (Wildman–Crippen MR) is 168 cm³/mol. The molecule has 0 heterocycles. The van der Waals surface area contributed by atoms with Crippen molar-refractivity contribution in [1.29, 1.82) is 0 Å². The van der Waals surface area contributed by atoms with Crippen LogP contribution in [0.3, 0.4) is 0 Å². The molecule has 246 valence electrons. The van der Waals surface area contributed by atoms with Crippen molar-refractivity contribution in [1.82, 2.24) is 5.32 Å². The zero-order chi connectivity index (χ0) is 30.6. The van der Waals surface area contributed by atoms with E-state index < -0.39 is 32.0 Å². The third kappa shape index (κ3) is 26.8. The summed E-state index contributed by atoms with van der Waals surface area (Å²) >= 11 is 0. The van der Waals surface area contributed by atoms with Gasteiger partial charge >= 0.3 is 7.82 Å². The van der Waals surface area contributed by atoms with Crippen LogP contribution >= 0.6 is 7.82 Å². The number of rotatable bonds is 31. The fourth-order valence-corrected chi connectivity index (χ4v) is 5.70. The minimum Gasteiger partial charge on any atom is -0.393 e. The summed E-state index contributed by atoms with van der Waals surface area (Å²) in [5.41, 5.74) is 5.32. The highest BCUT2D eigenvalue weighted by molar-refractivity contribution is 7.47. The van der Waals surface area contributed by atoms with Gasteiger partial charge < -0.3 is 26.2 Å². The van der Waals surface area contributed by atoms with Gasteiger partial charge in [-0.25, -0.2) is 4.57 Å². The molecule has 1 amide bonds. The number of aliphatic hydroxyl groups is 2. The van der Waals surface area contributed by atoms with E-state index in [0.717, 1.165) is 38.5 Å². The Morgan fingerprint density at radius 3 is 1.63 bits per heavy atom. The highest BCUT2D eigenvalue weighted by Gasteiger charge is 2.28. The summed E-state index contributed by atoms with van der Waals surface area (Å²) in [6, 6.07) is -0.886. The Hall–Kier alpha value is -0.540. The van der Waals surface area contributed by atoms with Gasteiger partial charge in [0.1, 0.15) is 0 Å². The largest absolute Gasteiger partial charge is 0.472 e. The maximum atomic E-state index is 12.6. The number of unbranched alkanes of at least 4 members (excludes halogenated alkanes) is 17. The van der Waals surface area contributed by atoms with Gasteiger partial charge in [0.25, 0.3) is 0 Å². The van der Waals surface area contributed by atoms with Crippen molar-refractivity contribution in [3.05, 3.63) is 0 Å². The summed E-state index contributed by atoms with van der Waals surface area (Å²) in [4.78, 5) is 22.5. The quantitative estimate of drug-likeness (QED) is 0.0421. The Morgan fingerprint density at radius 2 is 1.17 bits per heavy atom. The Labute approximate surface area is 251 Å². The van der Waals surface area contributed by atoms with Crippen LogP contribution in [0.15, 0.2) is 0 Å². The number of amides is 1. The van der Waals surface area contributed by atoms with Gasteiger partial charge in [-0.15, -0.1) is 0 Å². The SMILES string of the molecule is CCCCCCCCCCCCCCC(O)C(COP(=O)(O)OCCN)NC(=O)CC(O)CCCCCCCCC. The van der Waals surface area contributed by atoms with Gasteiger partial charge in [-0.1, -0.05) is 136 Å². The number of phosphoric ester groups is 1. The lowest BCUT2D eigenvalue weighted by atomic mass is 10.0. The molecule has 0 aliphatic rings. The van der Waals surface area contributed by atoms with Crippen LogP contribution in [-0.2, 0) is 18.4 Å². The van der Waals surface area contributed by atoms with Crippen LogP contribution in [0.1, 0.15) is 155 Å². The topological polar surface area (TPSA) is 151 Å². The fourth-order valence-electron chi connectivity index (χ4n) is 4.94. The monoisotopic (exact) mass is 608 g/mol. The fraction of sp³-hybridized carbons (Fsp3) is 0.968. The molecule has 0 fully saturated rings. The third-order valence-electron chi connectivity index (χ3n) is 7.52. The molecule has 10 heteroatoms. The van der Waals surface area contributed by atoms with Crippen LogP contribution < -0.4 is 11.1 Å². The summed E-state index contributed by atoms with van der Waals surface area (Å²) in [7, 11) is -4.35. The molecular weight excluding hydrogens is 543 g/mol. The highest BCUT2D eigenvalue weighted by atomic mass is 31.2. The minimum atomic E-state index is -4.35. The second-order valence-corrected chi connectivity index (χ2v) is 13.0. The maximum Gasteiger partial charge on any atom is 0.472 e. The summed E-state index contributed by atoms with van der Waals surface area (Å²) in [5, 5.41) is 23.8. The van der Waals surface area contributed by atoms with Gasteiger partial charge in [0.05, 0.1) is 37.9 Å². The molecule has 0 spiro atoms. The van der Waals surface area contributed by atoms with Gasteiger partial charge in [-0.05, 0) is 12.8 Å². The van der Waals surface area contributed by atoms with Crippen molar-refractivity contribution in [3.63, 3.8) is 0 Å². The molecule has 41 heavy (non-hydrogen) atoms. The number of nitrogens with one attached hydrogen (secondary N) is 1. The van der Waals surface area contributed by atoms with Crippen molar-refractivity contribution < 1.29 is 33.5 Å². The zero-order valence-corrected chi connectivity index (χ0v) is 27.3. The summed E-state index contributed by atoms with van der Waals surface area (Å²) in [6.07, 6.45) is 21.6. The molecular formula is C31H65N2O7P. The van der Waals surface area contributed by atoms with E-state index in [4.69, 9.17) is 14.8 Å². The van der Waals surface area contributed by atoms with E-state index in [1.807, 2.05) is 0 Å². The number of carbonyl (C=O) groups excluding carboxylic acids is 1. The van der Waals surface area contributed by atoms with Crippen LogP contribution in [0.2, 0.25) is 0 Å². The number of aliphatic hydroxyl groups excluding tert-OH is 2. The Morgan fingerprint density at radius 1 is 0.732 bits per heavy atom. The second kappa shape index (κ2) is 28.2. The molecule has 6 N–H and O–H groups in total. The number of hydrogen-bond donors (Lipinski definition) is 5. The van der Waals surface area contributed by atoms with Crippen LogP contribution in [0.4, 0.5) is 0 Å². The Bertz CT molecular complexity index is 642. The molecule has 0 bridgehead atoms. The van der Waals surface area contributed by atoms with E-state index in [0.29, 0.717) is 12.8 Å². The lowest BCUT2D eigenvalue weighted by Crippen LogP contribution is -2.47. The van der Waals surface area contributed by atoms with Crippen molar-refractivity contribution >= 4 is 13.7 Å². The molecule has 0 aromatic heterocycles. The Kier molecular flexibility index (Phi) is 27.9. The van der Waals surface area contributed by atoms with E-state index in [9.17, 15) is 24.5 Å². The van der Waals surface area contributed by atoms with E-state index in [-0.39, 0.29) is 26.2 Å². The number of phosphoric acid groups is 1. The van der Waals surface area contributed by atoms with Crippen LogP contribution in [0, 0.1) is 0 Å². The molecule has 0 saturated carbocycles. The molecule has 0 aromatic rings. The minimum absolute atomic E-state index is 0.0618. The maximum absolute atomic E-state index is 12.6. The van der Waals surface area contributed by atoms with Gasteiger partial charge in [0.2, 0.25) is 5.91 Å².